The van der Waals surface area contributed by atoms with Gasteiger partial charge in [0.25, 0.3) is 5.91 Å². The lowest BCUT2D eigenvalue weighted by molar-refractivity contribution is -0.139. The molecule has 3 rings (SSSR count). The molecule has 0 aliphatic heterocycles. The molecule has 10 heteroatoms. The van der Waals surface area contributed by atoms with Crippen molar-refractivity contribution >= 4 is 39.5 Å². The van der Waals surface area contributed by atoms with Crippen molar-refractivity contribution in [3.05, 3.63) is 81.1 Å². The molecular formula is C26H26BrN5O4. The molecule has 0 aliphatic carbocycles. The van der Waals surface area contributed by atoms with Crippen LogP contribution in [0.3, 0.4) is 0 Å². The maximum atomic E-state index is 12.6. The maximum absolute atomic E-state index is 12.6. The molecule has 0 unspecified atom stereocenters. The van der Waals surface area contributed by atoms with Gasteiger partial charge in [0.1, 0.15) is 6.04 Å². The monoisotopic (exact) mass is 551 g/mol. The lowest BCUT2D eigenvalue weighted by Gasteiger charge is -2.14. The van der Waals surface area contributed by atoms with Crippen LogP contribution in [0, 0.1) is 25.7 Å². The van der Waals surface area contributed by atoms with E-state index in [4.69, 9.17) is 0 Å². The molecule has 2 aromatic carbocycles. The van der Waals surface area contributed by atoms with Gasteiger partial charge < -0.3 is 21.1 Å². The first-order chi connectivity index (χ1) is 17.1. The van der Waals surface area contributed by atoms with Crippen LogP contribution in [0.4, 0.5) is 10.5 Å². The number of amides is 3. The van der Waals surface area contributed by atoms with Crippen molar-refractivity contribution in [1.82, 2.24) is 20.4 Å². The number of nitrogens with zero attached hydrogens (tertiary/aromatic N) is 2. The van der Waals surface area contributed by atoms with Crippen LogP contribution >= 0.6 is 15.9 Å². The number of anilines is 1. The molecule has 0 aliphatic rings. The molecule has 0 bridgehead atoms. The van der Waals surface area contributed by atoms with Crippen LogP contribution in [0.2, 0.25) is 0 Å². The average Bonchev–Trinajstić information content (AvgIpc) is 3.11. The Kier molecular flexibility index (Phi) is 8.86. The second kappa shape index (κ2) is 12.0. The minimum Gasteiger partial charge on any atom is -0.480 e. The Labute approximate surface area is 217 Å². The SMILES string of the molecule is Cc1ccc(NC(=O)NCC#Cc2ccc(C[C@H](NC(=O)c3nn(C)c(C)c3Br)C(=O)O)cc2)cc1. The minimum atomic E-state index is -1.15. The van der Waals surface area contributed by atoms with Gasteiger partial charge in [-0.1, -0.05) is 41.7 Å². The molecule has 0 radical (unpaired) electrons. The third-order valence-electron chi connectivity index (χ3n) is 5.35. The maximum Gasteiger partial charge on any atom is 0.326 e. The van der Waals surface area contributed by atoms with E-state index in [9.17, 15) is 19.5 Å². The highest BCUT2D eigenvalue weighted by Gasteiger charge is 2.25. The molecule has 0 saturated heterocycles. The third-order valence-corrected chi connectivity index (χ3v) is 6.30. The molecular weight excluding hydrogens is 526 g/mol. The Morgan fingerprint density at radius 3 is 2.33 bits per heavy atom. The molecule has 36 heavy (non-hydrogen) atoms. The Hall–Kier alpha value is -4.10. The standard InChI is InChI=1S/C26H26BrN5O4/c1-16-6-12-20(13-7-16)29-26(36)28-14-4-5-18-8-10-19(11-9-18)15-21(25(34)35)30-24(33)23-22(27)17(2)32(3)31-23/h6-13,21H,14-15H2,1-3H3,(H,30,33)(H,34,35)(H2,28,29,36)/t21-/m0/s1. The number of carboxylic acids is 1. The second-order valence-corrected chi connectivity index (χ2v) is 8.91. The van der Waals surface area contributed by atoms with Crippen LogP contribution in [0.5, 0.6) is 0 Å². The summed E-state index contributed by atoms with van der Waals surface area (Å²) in [6.45, 7) is 3.93. The number of hydrogen-bond acceptors (Lipinski definition) is 4. The van der Waals surface area contributed by atoms with Gasteiger partial charge in [-0.2, -0.15) is 5.10 Å². The molecule has 0 saturated carbocycles. The summed E-state index contributed by atoms with van der Waals surface area (Å²) in [7, 11) is 1.70. The zero-order valence-corrected chi connectivity index (χ0v) is 21.6. The fraction of sp³-hybridized carbons (Fsp3) is 0.231. The molecule has 0 spiro atoms. The van der Waals surface area contributed by atoms with Gasteiger partial charge >= 0.3 is 12.0 Å². The highest BCUT2D eigenvalue weighted by Crippen LogP contribution is 2.20. The molecule has 1 heterocycles. The van der Waals surface area contributed by atoms with Crippen LogP contribution in [-0.2, 0) is 18.3 Å². The summed E-state index contributed by atoms with van der Waals surface area (Å²) in [5.41, 5.74) is 4.12. The zero-order chi connectivity index (χ0) is 26.2. The first kappa shape index (κ1) is 26.5. The summed E-state index contributed by atoms with van der Waals surface area (Å²) in [6, 6.07) is 13.0. The molecule has 0 fully saturated rings. The first-order valence-corrected chi connectivity index (χ1v) is 11.9. The van der Waals surface area contributed by atoms with Crippen molar-refractivity contribution in [2.75, 3.05) is 11.9 Å². The average molecular weight is 552 g/mol. The molecule has 1 aromatic heterocycles. The van der Waals surface area contributed by atoms with Gasteiger partial charge in [0, 0.05) is 24.7 Å². The quantitative estimate of drug-likeness (QED) is 0.335. The van der Waals surface area contributed by atoms with Gasteiger partial charge in [0.05, 0.1) is 16.7 Å². The minimum absolute atomic E-state index is 0.0962. The van der Waals surface area contributed by atoms with E-state index in [1.165, 1.54) is 0 Å². The second-order valence-electron chi connectivity index (χ2n) is 8.11. The lowest BCUT2D eigenvalue weighted by atomic mass is 10.0. The number of aliphatic carboxylic acids is 1. The molecule has 3 aromatic rings. The fourth-order valence-electron chi connectivity index (χ4n) is 3.20. The van der Waals surface area contributed by atoms with Crippen molar-refractivity contribution in [3.63, 3.8) is 0 Å². The highest BCUT2D eigenvalue weighted by molar-refractivity contribution is 9.10. The number of benzene rings is 2. The zero-order valence-electron chi connectivity index (χ0n) is 20.1. The van der Waals surface area contributed by atoms with Crippen LogP contribution in [0.15, 0.2) is 53.0 Å². The first-order valence-electron chi connectivity index (χ1n) is 11.1. The summed E-state index contributed by atoms with van der Waals surface area (Å²) in [5.74, 6) is 4.11. The van der Waals surface area contributed by atoms with E-state index in [-0.39, 0.29) is 24.7 Å². The molecule has 9 nitrogen and oxygen atoms in total. The van der Waals surface area contributed by atoms with Crippen molar-refractivity contribution in [1.29, 1.82) is 0 Å². The van der Waals surface area contributed by atoms with Gasteiger partial charge in [-0.3, -0.25) is 9.48 Å². The molecule has 1 atom stereocenters. The van der Waals surface area contributed by atoms with Gasteiger partial charge in [-0.15, -0.1) is 0 Å². The molecule has 186 valence electrons. The number of carboxylic acid groups (broad SMARTS) is 1. The number of aryl methyl sites for hydroxylation is 2. The van der Waals surface area contributed by atoms with Crippen LogP contribution in [0.1, 0.15) is 32.9 Å². The number of hydrogen-bond donors (Lipinski definition) is 4. The van der Waals surface area contributed by atoms with E-state index >= 15 is 0 Å². The Bertz CT molecular complexity index is 1320. The number of urea groups is 1. The Morgan fingerprint density at radius 2 is 1.75 bits per heavy atom. The van der Waals surface area contributed by atoms with E-state index < -0.39 is 17.9 Å². The van der Waals surface area contributed by atoms with Crippen molar-refractivity contribution in [2.45, 2.75) is 26.3 Å². The number of rotatable bonds is 7. The van der Waals surface area contributed by atoms with Crippen LogP contribution < -0.4 is 16.0 Å². The molecule has 3 amide bonds. The number of halogens is 1. The van der Waals surface area contributed by atoms with Crippen LogP contribution in [0.25, 0.3) is 0 Å². The summed E-state index contributed by atoms with van der Waals surface area (Å²) in [6.07, 6.45) is 0.0962. The number of carbonyl (C=O) groups excluding carboxylic acids is 2. The van der Waals surface area contributed by atoms with E-state index in [0.717, 1.165) is 16.8 Å². The summed E-state index contributed by atoms with van der Waals surface area (Å²) >= 11 is 3.32. The largest absolute Gasteiger partial charge is 0.480 e. The topological polar surface area (TPSA) is 125 Å². The lowest BCUT2D eigenvalue weighted by Crippen LogP contribution is -2.42. The van der Waals surface area contributed by atoms with Gasteiger partial charge in [0.15, 0.2) is 5.69 Å². The fourth-order valence-corrected chi connectivity index (χ4v) is 3.71. The van der Waals surface area contributed by atoms with Gasteiger partial charge in [-0.05, 0) is 59.6 Å². The number of carbonyl (C=O) groups is 3. The van der Waals surface area contributed by atoms with E-state index in [1.807, 2.05) is 31.2 Å². The molecule has 4 N–H and O–H groups in total. The normalized spacial score (nSPS) is 11.1. The summed E-state index contributed by atoms with van der Waals surface area (Å²) in [4.78, 5) is 36.2. The predicted molar refractivity (Wildman–Crippen MR) is 140 cm³/mol. The van der Waals surface area contributed by atoms with Crippen molar-refractivity contribution in [2.24, 2.45) is 7.05 Å². The Balaban J connectivity index is 1.53. The summed E-state index contributed by atoms with van der Waals surface area (Å²) < 4.78 is 2.07. The van der Waals surface area contributed by atoms with E-state index in [2.05, 4.69) is 48.8 Å². The number of nitrogens with one attached hydrogen (secondary N) is 3. The Morgan fingerprint density at radius 1 is 1.08 bits per heavy atom. The van der Waals surface area contributed by atoms with Gasteiger partial charge in [0.2, 0.25) is 0 Å². The highest BCUT2D eigenvalue weighted by atomic mass is 79.9. The van der Waals surface area contributed by atoms with Crippen molar-refractivity contribution < 1.29 is 19.5 Å². The smallest absolute Gasteiger partial charge is 0.326 e. The van der Waals surface area contributed by atoms with Gasteiger partial charge in [-0.25, -0.2) is 9.59 Å². The third kappa shape index (κ3) is 7.20. The van der Waals surface area contributed by atoms with E-state index in [0.29, 0.717) is 15.7 Å². The van der Waals surface area contributed by atoms with E-state index in [1.54, 1.807) is 42.9 Å². The predicted octanol–water partition coefficient (Wildman–Crippen LogP) is 3.40. The van der Waals surface area contributed by atoms with Crippen molar-refractivity contribution in [3.8, 4) is 11.8 Å². The number of aromatic nitrogens is 2. The summed E-state index contributed by atoms with van der Waals surface area (Å²) in [5, 5.41) is 21.7. The van der Waals surface area contributed by atoms with Crippen LogP contribution in [-0.4, -0.2) is 45.4 Å².